The van der Waals surface area contributed by atoms with Gasteiger partial charge in [0.15, 0.2) is 0 Å². The minimum atomic E-state index is 0.277. The molecular weight excluding hydrogens is 508 g/mol. The van der Waals surface area contributed by atoms with Gasteiger partial charge in [-0.15, -0.1) is 0 Å². The SMILES string of the molecule is CCN(CC)c1ccc(Cc2ccc(C)cc2O)c(O)c1.CCN(CC)c1ccc2c(c1)Oc1cc(C)ccc1C2. The molecule has 216 valence electrons. The first-order valence-electron chi connectivity index (χ1n) is 14.8. The van der Waals surface area contributed by atoms with Crippen molar-refractivity contribution in [3.8, 4) is 23.0 Å². The predicted octanol–water partition coefficient (Wildman–Crippen LogP) is 8.38. The number of hydrogen-bond acceptors (Lipinski definition) is 5. The van der Waals surface area contributed by atoms with E-state index >= 15 is 0 Å². The van der Waals surface area contributed by atoms with Gasteiger partial charge >= 0.3 is 0 Å². The van der Waals surface area contributed by atoms with Crippen LogP contribution in [0.4, 0.5) is 11.4 Å². The Labute approximate surface area is 245 Å². The molecule has 5 nitrogen and oxygen atoms in total. The summed E-state index contributed by atoms with van der Waals surface area (Å²) in [5.74, 6) is 2.57. The number of rotatable bonds is 8. The van der Waals surface area contributed by atoms with Crippen molar-refractivity contribution in [3.63, 3.8) is 0 Å². The van der Waals surface area contributed by atoms with Crippen molar-refractivity contribution in [1.82, 2.24) is 0 Å². The number of hydrogen-bond donors (Lipinski definition) is 2. The zero-order valence-electron chi connectivity index (χ0n) is 25.4. The third-order valence-corrected chi connectivity index (χ3v) is 7.82. The molecular formula is C36H44N2O3. The topological polar surface area (TPSA) is 56.2 Å². The van der Waals surface area contributed by atoms with E-state index < -0.39 is 0 Å². The van der Waals surface area contributed by atoms with Crippen LogP contribution in [0.1, 0.15) is 61.1 Å². The first kappa shape index (κ1) is 29.9. The molecule has 2 N–H and O–H groups in total. The number of nitrogens with zero attached hydrogens (tertiary/aromatic N) is 2. The van der Waals surface area contributed by atoms with Gasteiger partial charge in [0.05, 0.1) is 0 Å². The number of phenolic OH excluding ortho intramolecular Hbond substituents is 2. The van der Waals surface area contributed by atoms with Crippen LogP contribution >= 0.6 is 0 Å². The van der Waals surface area contributed by atoms with E-state index in [0.717, 1.165) is 66.5 Å². The van der Waals surface area contributed by atoms with E-state index in [4.69, 9.17) is 4.74 Å². The summed E-state index contributed by atoms with van der Waals surface area (Å²) in [4.78, 5) is 4.53. The van der Waals surface area contributed by atoms with Gasteiger partial charge in [0.1, 0.15) is 23.0 Å². The van der Waals surface area contributed by atoms with Gasteiger partial charge in [-0.2, -0.15) is 0 Å². The van der Waals surface area contributed by atoms with Crippen molar-refractivity contribution in [2.45, 2.75) is 54.4 Å². The van der Waals surface area contributed by atoms with E-state index in [-0.39, 0.29) is 11.5 Å². The molecule has 0 atom stereocenters. The van der Waals surface area contributed by atoms with Gasteiger partial charge in [0, 0.05) is 62.5 Å². The normalized spacial score (nSPS) is 11.5. The van der Waals surface area contributed by atoms with Crippen LogP contribution in [0.15, 0.2) is 72.8 Å². The maximum atomic E-state index is 10.2. The second kappa shape index (κ2) is 13.5. The van der Waals surface area contributed by atoms with Crippen molar-refractivity contribution in [3.05, 3.63) is 106 Å². The van der Waals surface area contributed by atoms with E-state index in [1.807, 2.05) is 31.2 Å². The molecule has 0 aromatic heterocycles. The van der Waals surface area contributed by atoms with E-state index in [1.54, 1.807) is 12.1 Å². The molecule has 0 unspecified atom stereocenters. The van der Waals surface area contributed by atoms with Crippen LogP contribution < -0.4 is 14.5 Å². The fourth-order valence-corrected chi connectivity index (χ4v) is 5.31. The van der Waals surface area contributed by atoms with Crippen molar-refractivity contribution in [1.29, 1.82) is 0 Å². The maximum absolute atomic E-state index is 10.2. The highest BCUT2D eigenvalue weighted by Gasteiger charge is 2.18. The quantitative estimate of drug-likeness (QED) is 0.202. The fourth-order valence-electron chi connectivity index (χ4n) is 5.31. The molecule has 0 radical (unpaired) electrons. The smallest absolute Gasteiger partial charge is 0.133 e. The summed E-state index contributed by atoms with van der Waals surface area (Å²) in [5.41, 5.74) is 8.73. The number of anilines is 2. The van der Waals surface area contributed by atoms with Gasteiger partial charge in [-0.05, 0) is 99.2 Å². The van der Waals surface area contributed by atoms with Crippen molar-refractivity contribution < 1.29 is 14.9 Å². The largest absolute Gasteiger partial charge is 0.508 e. The Hall–Kier alpha value is -4.12. The summed E-state index contributed by atoms with van der Waals surface area (Å²) in [6.45, 7) is 16.5. The van der Waals surface area contributed by atoms with Crippen LogP contribution in [0.25, 0.3) is 0 Å². The molecule has 1 heterocycles. The zero-order chi connectivity index (χ0) is 29.5. The molecule has 41 heavy (non-hydrogen) atoms. The van der Waals surface area contributed by atoms with Crippen LogP contribution in [0.2, 0.25) is 0 Å². The molecule has 0 saturated carbocycles. The van der Waals surface area contributed by atoms with Crippen LogP contribution in [0.3, 0.4) is 0 Å². The number of benzene rings is 4. The summed E-state index contributed by atoms with van der Waals surface area (Å²) >= 11 is 0. The summed E-state index contributed by atoms with van der Waals surface area (Å²) in [6.07, 6.45) is 1.49. The minimum absolute atomic E-state index is 0.277. The lowest BCUT2D eigenvalue weighted by atomic mass is 9.99. The van der Waals surface area contributed by atoms with Crippen LogP contribution in [-0.2, 0) is 12.8 Å². The van der Waals surface area contributed by atoms with Gasteiger partial charge in [0.25, 0.3) is 0 Å². The second-order valence-electron chi connectivity index (χ2n) is 10.6. The molecule has 0 saturated heterocycles. The number of aromatic hydroxyl groups is 2. The molecule has 0 amide bonds. The van der Waals surface area contributed by atoms with E-state index in [0.29, 0.717) is 6.42 Å². The number of fused-ring (bicyclic) bond motifs is 2. The molecule has 4 aromatic carbocycles. The summed E-state index contributed by atoms with van der Waals surface area (Å²) < 4.78 is 6.11. The Morgan fingerprint density at radius 2 is 1.05 bits per heavy atom. The molecule has 1 aliphatic heterocycles. The average molecular weight is 553 g/mol. The lowest BCUT2D eigenvalue weighted by Crippen LogP contribution is -2.21. The number of phenols is 2. The van der Waals surface area contributed by atoms with Crippen LogP contribution in [-0.4, -0.2) is 36.4 Å². The summed E-state index contributed by atoms with van der Waals surface area (Å²) in [7, 11) is 0. The monoisotopic (exact) mass is 552 g/mol. The van der Waals surface area contributed by atoms with E-state index in [9.17, 15) is 10.2 Å². The van der Waals surface area contributed by atoms with Gasteiger partial charge in [-0.3, -0.25) is 0 Å². The third kappa shape index (κ3) is 7.15. The molecule has 4 aromatic rings. The Morgan fingerprint density at radius 1 is 0.585 bits per heavy atom. The Bertz CT molecular complexity index is 1470. The minimum Gasteiger partial charge on any atom is -0.508 e. The maximum Gasteiger partial charge on any atom is 0.133 e. The predicted molar refractivity (Wildman–Crippen MR) is 171 cm³/mol. The van der Waals surface area contributed by atoms with Gasteiger partial charge in [0.2, 0.25) is 0 Å². The van der Waals surface area contributed by atoms with E-state index in [2.05, 4.69) is 80.8 Å². The van der Waals surface area contributed by atoms with Crippen molar-refractivity contribution in [2.75, 3.05) is 36.0 Å². The first-order valence-corrected chi connectivity index (χ1v) is 14.8. The highest BCUT2D eigenvalue weighted by molar-refractivity contribution is 5.59. The average Bonchev–Trinajstić information content (AvgIpc) is 2.96. The molecule has 0 spiro atoms. The highest BCUT2D eigenvalue weighted by atomic mass is 16.5. The highest BCUT2D eigenvalue weighted by Crippen LogP contribution is 2.39. The molecule has 0 aliphatic carbocycles. The lowest BCUT2D eigenvalue weighted by Gasteiger charge is -2.25. The molecule has 5 rings (SSSR count). The van der Waals surface area contributed by atoms with Gasteiger partial charge in [-0.1, -0.05) is 36.4 Å². The Morgan fingerprint density at radius 3 is 1.63 bits per heavy atom. The molecule has 5 heteroatoms. The number of ether oxygens (including phenoxy) is 1. The Balaban J connectivity index is 0.000000189. The second-order valence-corrected chi connectivity index (χ2v) is 10.6. The fraction of sp³-hybridized carbons (Fsp3) is 0.333. The van der Waals surface area contributed by atoms with Crippen LogP contribution in [0, 0.1) is 13.8 Å². The summed E-state index contributed by atoms with van der Waals surface area (Å²) in [5, 5.41) is 20.2. The summed E-state index contributed by atoms with van der Waals surface area (Å²) in [6, 6.07) is 24.4. The van der Waals surface area contributed by atoms with Crippen LogP contribution in [0.5, 0.6) is 23.0 Å². The van der Waals surface area contributed by atoms with Crippen molar-refractivity contribution >= 4 is 11.4 Å². The molecule has 0 fully saturated rings. The zero-order valence-corrected chi connectivity index (χ0v) is 25.4. The standard InChI is InChI=1S/C18H23NO2.C18H21NO/c1-4-19(5-2)16-9-8-15(18(21)12-16)11-14-7-6-13(3)10-17(14)20;1-4-19(5-2)16-9-8-15-11-14-7-6-13(3)10-17(14)20-18(15)12-16/h6-10,12,20-21H,4-5,11H2,1-3H3;6-10,12H,4-5,11H2,1-3H3. The molecule has 1 aliphatic rings. The van der Waals surface area contributed by atoms with E-state index in [1.165, 1.54) is 22.4 Å². The van der Waals surface area contributed by atoms with Crippen molar-refractivity contribution in [2.24, 2.45) is 0 Å². The first-order chi connectivity index (χ1) is 19.8. The third-order valence-electron chi connectivity index (χ3n) is 7.82. The molecule has 0 bridgehead atoms. The Kier molecular flexibility index (Phi) is 9.82. The number of aryl methyl sites for hydroxylation is 2. The van der Waals surface area contributed by atoms with Gasteiger partial charge in [-0.25, -0.2) is 0 Å². The van der Waals surface area contributed by atoms with Gasteiger partial charge < -0.3 is 24.7 Å². The lowest BCUT2D eigenvalue weighted by molar-refractivity contribution is 0.459.